The zero-order valence-corrected chi connectivity index (χ0v) is 16.4. The van der Waals surface area contributed by atoms with Crippen LogP contribution in [0.1, 0.15) is 24.8 Å². The Morgan fingerprint density at radius 1 is 1.31 bits per heavy atom. The van der Waals surface area contributed by atoms with Crippen LogP contribution < -0.4 is 9.47 Å². The number of aliphatic carboxylic acids is 1. The van der Waals surface area contributed by atoms with Gasteiger partial charge in [-0.15, -0.1) is 0 Å². The second kappa shape index (κ2) is 7.62. The molecule has 0 spiro atoms. The van der Waals surface area contributed by atoms with E-state index in [9.17, 15) is 9.90 Å². The number of methoxy groups -OCH3 is 2. The Kier molecular flexibility index (Phi) is 5.65. The van der Waals surface area contributed by atoms with Crippen LogP contribution in [0.15, 0.2) is 12.1 Å². The largest absolute Gasteiger partial charge is 0.493 e. The summed E-state index contributed by atoms with van der Waals surface area (Å²) in [6, 6.07) is 3.66. The molecule has 0 unspecified atom stereocenters. The highest BCUT2D eigenvalue weighted by Crippen LogP contribution is 2.43. The van der Waals surface area contributed by atoms with Crippen molar-refractivity contribution in [2.24, 2.45) is 5.41 Å². The van der Waals surface area contributed by atoms with E-state index in [4.69, 9.17) is 21.1 Å². The van der Waals surface area contributed by atoms with E-state index in [1.165, 1.54) is 0 Å². The predicted molar refractivity (Wildman–Crippen MR) is 100 cm³/mol. The molecule has 1 aromatic rings. The molecule has 144 valence electrons. The number of likely N-dealkylation sites (N-methyl/N-ethyl adjacent to an activating group) is 1. The van der Waals surface area contributed by atoms with Gasteiger partial charge in [0.05, 0.1) is 19.6 Å². The van der Waals surface area contributed by atoms with Crippen LogP contribution in [-0.2, 0) is 11.3 Å². The molecule has 26 heavy (non-hydrogen) atoms. The molecule has 2 heterocycles. The van der Waals surface area contributed by atoms with Crippen LogP contribution in [0.2, 0.25) is 5.02 Å². The highest BCUT2D eigenvalue weighted by molar-refractivity contribution is 6.30. The number of rotatable bonds is 5. The molecule has 2 fully saturated rings. The van der Waals surface area contributed by atoms with Gasteiger partial charge in [-0.1, -0.05) is 11.6 Å². The summed E-state index contributed by atoms with van der Waals surface area (Å²) in [5, 5.41) is 10.5. The summed E-state index contributed by atoms with van der Waals surface area (Å²) < 4.78 is 10.9. The van der Waals surface area contributed by atoms with Crippen molar-refractivity contribution in [3.05, 3.63) is 22.7 Å². The summed E-state index contributed by atoms with van der Waals surface area (Å²) in [7, 11) is 5.25. The molecule has 2 aliphatic rings. The maximum atomic E-state index is 12.1. The third-order valence-corrected chi connectivity index (χ3v) is 6.17. The Hall–Kier alpha value is -1.50. The minimum atomic E-state index is -0.657. The number of carbonyl (C=O) groups is 1. The van der Waals surface area contributed by atoms with Crippen molar-refractivity contribution < 1.29 is 19.4 Å². The fraction of sp³-hybridized carbons (Fsp3) is 0.632. The molecule has 6 nitrogen and oxygen atoms in total. The smallest absolute Gasteiger partial charge is 0.311 e. The quantitative estimate of drug-likeness (QED) is 0.844. The lowest BCUT2D eigenvalue weighted by Gasteiger charge is -2.51. The standard InChI is InChI=1S/C19H27ClN2O4/c1-21-7-4-5-19(18(23)24)6-8-22(12-16(19)21)11-13-9-14(20)10-15(25-2)17(13)26-3/h9-10,16H,4-8,11-12H2,1-3H3,(H,23,24)/t16-,19+/m1/s1. The molecule has 0 saturated carbocycles. The second-order valence-electron chi connectivity index (χ2n) is 7.35. The summed E-state index contributed by atoms with van der Waals surface area (Å²) in [5.74, 6) is 0.640. The van der Waals surface area contributed by atoms with Crippen molar-refractivity contribution in [2.45, 2.75) is 31.8 Å². The molecule has 2 aliphatic heterocycles. The van der Waals surface area contributed by atoms with E-state index in [1.54, 1.807) is 20.3 Å². The van der Waals surface area contributed by atoms with Crippen molar-refractivity contribution in [3.63, 3.8) is 0 Å². The molecular formula is C19H27ClN2O4. The van der Waals surface area contributed by atoms with Gasteiger partial charge >= 0.3 is 5.97 Å². The first-order valence-electron chi connectivity index (χ1n) is 8.97. The van der Waals surface area contributed by atoms with Gasteiger partial charge in [0, 0.05) is 35.8 Å². The number of nitrogens with zero attached hydrogens (tertiary/aromatic N) is 2. The van der Waals surface area contributed by atoms with E-state index in [-0.39, 0.29) is 6.04 Å². The van der Waals surface area contributed by atoms with Gasteiger partial charge in [0.2, 0.25) is 0 Å². The Labute approximate surface area is 159 Å². The molecule has 0 radical (unpaired) electrons. The van der Waals surface area contributed by atoms with Crippen molar-refractivity contribution in [2.75, 3.05) is 40.9 Å². The Morgan fingerprint density at radius 2 is 2.08 bits per heavy atom. The zero-order chi connectivity index (χ0) is 18.9. The van der Waals surface area contributed by atoms with Crippen molar-refractivity contribution >= 4 is 17.6 Å². The van der Waals surface area contributed by atoms with Crippen molar-refractivity contribution in [3.8, 4) is 11.5 Å². The predicted octanol–water partition coefficient (Wildman–Crippen LogP) is 2.73. The number of halogens is 1. The molecular weight excluding hydrogens is 356 g/mol. The van der Waals surface area contributed by atoms with Gasteiger partial charge in [0.15, 0.2) is 11.5 Å². The molecule has 0 aromatic heterocycles. The maximum absolute atomic E-state index is 12.1. The fourth-order valence-electron chi connectivity index (χ4n) is 4.55. The summed E-state index contributed by atoms with van der Waals surface area (Å²) >= 11 is 6.23. The number of benzene rings is 1. The minimum Gasteiger partial charge on any atom is -0.493 e. The Morgan fingerprint density at radius 3 is 2.73 bits per heavy atom. The maximum Gasteiger partial charge on any atom is 0.311 e. The molecule has 3 rings (SSSR count). The molecule has 7 heteroatoms. The number of carboxylic acids is 1. The van der Waals surface area contributed by atoms with Gasteiger partial charge < -0.3 is 19.5 Å². The third-order valence-electron chi connectivity index (χ3n) is 5.95. The van der Waals surface area contributed by atoms with Crippen LogP contribution in [0.5, 0.6) is 11.5 Å². The highest BCUT2D eigenvalue weighted by atomic mass is 35.5. The topological polar surface area (TPSA) is 62.2 Å². The van der Waals surface area contributed by atoms with E-state index < -0.39 is 11.4 Å². The molecule has 2 saturated heterocycles. The van der Waals surface area contributed by atoms with E-state index in [1.807, 2.05) is 13.1 Å². The van der Waals surface area contributed by atoms with Crippen LogP contribution in [0, 0.1) is 5.41 Å². The summed E-state index contributed by atoms with van der Waals surface area (Å²) in [6.07, 6.45) is 2.37. The molecule has 0 aliphatic carbocycles. The summed E-state index contributed by atoms with van der Waals surface area (Å²) in [4.78, 5) is 16.6. The molecule has 1 N–H and O–H groups in total. The number of likely N-dealkylation sites (tertiary alicyclic amines) is 2. The average molecular weight is 383 g/mol. The SMILES string of the molecule is COc1cc(Cl)cc(CN2CC[C@@]3(C(=O)O)CCCN(C)[C@@H]3C2)c1OC. The number of hydrogen-bond donors (Lipinski definition) is 1. The lowest BCUT2D eigenvalue weighted by atomic mass is 9.68. The normalized spacial score (nSPS) is 27.0. The number of fused-ring (bicyclic) bond motifs is 1. The minimum absolute atomic E-state index is 0.0228. The van der Waals surface area contributed by atoms with E-state index in [0.29, 0.717) is 29.5 Å². The lowest BCUT2D eigenvalue weighted by Crippen LogP contribution is -2.62. The summed E-state index contributed by atoms with van der Waals surface area (Å²) in [5.41, 5.74) is 0.331. The lowest BCUT2D eigenvalue weighted by molar-refractivity contribution is -0.162. The number of hydrogen-bond acceptors (Lipinski definition) is 5. The first-order chi connectivity index (χ1) is 12.4. The fourth-order valence-corrected chi connectivity index (χ4v) is 4.78. The van der Waals surface area contributed by atoms with E-state index in [2.05, 4.69) is 9.80 Å². The summed E-state index contributed by atoms with van der Waals surface area (Å²) in [6.45, 7) is 3.07. The molecule has 0 bridgehead atoms. The van der Waals surface area contributed by atoms with Crippen LogP contribution in [0.25, 0.3) is 0 Å². The number of carboxylic acid groups (broad SMARTS) is 1. The number of piperidine rings is 2. The van der Waals surface area contributed by atoms with Gasteiger partial charge in [-0.25, -0.2) is 0 Å². The van der Waals surface area contributed by atoms with Crippen LogP contribution >= 0.6 is 11.6 Å². The van der Waals surface area contributed by atoms with E-state index in [0.717, 1.165) is 38.0 Å². The van der Waals surface area contributed by atoms with E-state index >= 15 is 0 Å². The van der Waals surface area contributed by atoms with Gasteiger partial charge in [-0.2, -0.15) is 0 Å². The van der Waals surface area contributed by atoms with Gasteiger partial charge in [0.1, 0.15) is 0 Å². The first kappa shape index (κ1) is 19.3. The average Bonchev–Trinajstić information content (AvgIpc) is 2.61. The Balaban J connectivity index is 1.83. The molecule has 1 aromatic carbocycles. The van der Waals surface area contributed by atoms with Gasteiger partial charge in [-0.3, -0.25) is 9.69 Å². The highest BCUT2D eigenvalue weighted by Gasteiger charge is 2.52. The van der Waals surface area contributed by atoms with Crippen LogP contribution in [-0.4, -0.2) is 67.8 Å². The van der Waals surface area contributed by atoms with Gasteiger partial charge in [-0.05, 0) is 45.5 Å². The Bertz CT molecular complexity index is 684. The first-order valence-corrected chi connectivity index (χ1v) is 9.35. The number of ether oxygens (including phenoxy) is 2. The van der Waals surface area contributed by atoms with Crippen LogP contribution in [0.4, 0.5) is 0 Å². The monoisotopic (exact) mass is 382 g/mol. The van der Waals surface area contributed by atoms with Crippen molar-refractivity contribution in [1.29, 1.82) is 0 Å². The van der Waals surface area contributed by atoms with Gasteiger partial charge in [0.25, 0.3) is 0 Å². The third kappa shape index (κ3) is 3.38. The molecule has 0 amide bonds. The van der Waals surface area contributed by atoms with Crippen LogP contribution in [0.3, 0.4) is 0 Å². The molecule has 2 atom stereocenters. The van der Waals surface area contributed by atoms with Crippen molar-refractivity contribution in [1.82, 2.24) is 9.80 Å². The zero-order valence-electron chi connectivity index (χ0n) is 15.6. The second-order valence-corrected chi connectivity index (χ2v) is 7.78.